The van der Waals surface area contributed by atoms with Crippen molar-refractivity contribution in [1.29, 1.82) is 0 Å². The fraction of sp³-hybridized carbons (Fsp3) is 0.526. The van der Waals surface area contributed by atoms with E-state index in [1.165, 1.54) is 0 Å². The molecular formula is C19H29NO2Si. The number of aliphatic hydroxyl groups is 1. The number of nitrogens with zero attached hydrogens (tertiary/aromatic N) is 1. The first-order chi connectivity index (χ1) is 10.6. The highest BCUT2D eigenvalue weighted by Gasteiger charge is 2.57. The summed E-state index contributed by atoms with van der Waals surface area (Å²) in [6.45, 7) is 12.8. The lowest BCUT2D eigenvalue weighted by Gasteiger charge is -2.58. The van der Waals surface area contributed by atoms with Gasteiger partial charge in [0.25, 0.3) is 0 Å². The second kappa shape index (κ2) is 6.25. The topological polar surface area (TPSA) is 40.5 Å². The highest BCUT2D eigenvalue weighted by atomic mass is 28.3. The highest BCUT2D eigenvalue weighted by molar-refractivity contribution is 6.80. The molecule has 0 unspecified atom stereocenters. The van der Waals surface area contributed by atoms with Crippen molar-refractivity contribution in [3.05, 3.63) is 42.0 Å². The normalized spacial score (nSPS) is 24.0. The van der Waals surface area contributed by atoms with E-state index in [0.29, 0.717) is 0 Å². The van der Waals surface area contributed by atoms with Gasteiger partial charge in [0.2, 0.25) is 5.91 Å². The maximum absolute atomic E-state index is 12.7. The first-order valence-corrected chi connectivity index (χ1v) is 11.3. The van der Waals surface area contributed by atoms with Crippen LogP contribution in [0, 0.1) is 5.92 Å². The van der Waals surface area contributed by atoms with Crippen molar-refractivity contribution >= 4 is 20.2 Å². The number of β-lactam (4-membered cyclic amide) rings is 1. The first-order valence-electron chi connectivity index (χ1n) is 8.32. The second-order valence-corrected chi connectivity index (χ2v) is 13.1. The number of carbonyl (C=O) groups excluding carboxylic acids is 1. The van der Waals surface area contributed by atoms with Crippen LogP contribution in [0.3, 0.4) is 0 Å². The number of rotatable bonds is 4. The standard InChI is InChI=1S/C19H29NO2Si/c1-14(21)17-16(13-12-15-10-8-7-9-11-15)20(18(17)22)23(5,6)19(2,3)4/h7-14,16-17,21H,1-6H3/b13-12+/t14-,16-,17+/m0/s1. The minimum atomic E-state index is -1.95. The molecule has 0 saturated carbocycles. The molecule has 0 spiro atoms. The number of aliphatic hydroxyl groups excluding tert-OH is 1. The molecule has 1 fully saturated rings. The van der Waals surface area contributed by atoms with Crippen molar-refractivity contribution in [3.63, 3.8) is 0 Å². The Balaban J connectivity index is 2.31. The summed E-state index contributed by atoms with van der Waals surface area (Å²) in [7, 11) is -1.95. The second-order valence-electron chi connectivity index (χ2n) is 8.04. The van der Waals surface area contributed by atoms with Crippen LogP contribution < -0.4 is 0 Å². The molecule has 0 bridgehead atoms. The predicted octanol–water partition coefficient (Wildman–Crippen LogP) is 3.91. The minimum absolute atomic E-state index is 0.0106. The maximum atomic E-state index is 12.7. The summed E-state index contributed by atoms with van der Waals surface area (Å²) in [4.78, 5) is 12.7. The lowest BCUT2D eigenvalue weighted by atomic mass is 9.85. The lowest BCUT2D eigenvalue weighted by molar-refractivity contribution is -0.151. The molecule has 1 aromatic rings. The average Bonchev–Trinajstić information content (AvgIpc) is 2.42. The Morgan fingerprint density at radius 3 is 2.26 bits per heavy atom. The van der Waals surface area contributed by atoms with Crippen LogP contribution >= 0.6 is 0 Å². The average molecular weight is 332 g/mol. The molecule has 126 valence electrons. The summed E-state index contributed by atoms with van der Waals surface area (Å²) >= 11 is 0. The van der Waals surface area contributed by atoms with Gasteiger partial charge in [0.05, 0.1) is 18.1 Å². The molecule has 0 aliphatic carbocycles. The van der Waals surface area contributed by atoms with Gasteiger partial charge in [-0.05, 0) is 17.5 Å². The van der Waals surface area contributed by atoms with Crippen LogP contribution in [-0.2, 0) is 4.79 Å². The van der Waals surface area contributed by atoms with Gasteiger partial charge in [0.1, 0.15) is 0 Å². The van der Waals surface area contributed by atoms with Gasteiger partial charge in [-0.15, -0.1) is 0 Å². The van der Waals surface area contributed by atoms with Crippen molar-refractivity contribution < 1.29 is 9.90 Å². The predicted molar refractivity (Wildman–Crippen MR) is 98.5 cm³/mol. The molecule has 1 aliphatic heterocycles. The van der Waals surface area contributed by atoms with E-state index in [2.05, 4.69) is 50.6 Å². The first kappa shape index (κ1) is 18.0. The highest BCUT2D eigenvalue weighted by Crippen LogP contribution is 2.45. The molecule has 1 saturated heterocycles. The van der Waals surface area contributed by atoms with E-state index in [0.717, 1.165) is 5.56 Å². The molecule has 0 radical (unpaired) electrons. The van der Waals surface area contributed by atoms with Crippen LogP contribution in [0.4, 0.5) is 0 Å². The molecule has 1 heterocycles. The molecule has 1 aliphatic rings. The number of hydrogen-bond acceptors (Lipinski definition) is 2. The van der Waals surface area contributed by atoms with Crippen molar-refractivity contribution in [2.75, 3.05) is 0 Å². The third kappa shape index (κ3) is 3.28. The Kier molecular flexibility index (Phi) is 4.88. The van der Waals surface area contributed by atoms with Crippen molar-refractivity contribution in [3.8, 4) is 0 Å². The van der Waals surface area contributed by atoms with E-state index < -0.39 is 14.3 Å². The van der Waals surface area contributed by atoms with Gasteiger partial charge >= 0.3 is 0 Å². The fourth-order valence-corrected chi connectivity index (χ4v) is 5.43. The van der Waals surface area contributed by atoms with Gasteiger partial charge in [0, 0.05) is 0 Å². The van der Waals surface area contributed by atoms with Crippen LogP contribution in [0.5, 0.6) is 0 Å². The Labute approximate surface area is 141 Å². The maximum Gasteiger partial charge on any atom is 0.223 e. The van der Waals surface area contributed by atoms with E-state index in [-0.39, 0.29) is 22.9 Å². The monoisotopic (exact) mass is 331 g/mol. The Morgan fingerprint density at radius 2 is 1.78 bits per heavy atom. The summed E-state index contributed by atoms with van der Waals surface area (Å²) in [5, 5.41) is 10.1. The molecule has 23 heavy (non-hydrogen) atoms. The number of carbonyl (C=O) groups is 1. The van der Waals surface area contributed by atoms with E-state index >= 15 is 0 Å². The third-order valence-corrected chi connectivity index (χ3v) is 10.8. The summed E-state index contributed by atoms with van der Waals surface area (Å²) in [6, 6.07) is 10.1. The van der Waals surface area contributed by atoms with Gasteiger partial charge in [0.15, 0.2) is 8.24 Å². The Hall–Kier alpha value is -1.39. The molecule has 4 heteroatoms. The summed E-state index contributed by atoms with van der Waals surface area (Å²) in [5.74, 6) is -0.210. The van der Waals surface area contributed by atoms with E-state index in [4.69, 9.17) is 0 Å². The molecule has 2 rings (SSSR count). The third-order valence-electron chi connectivity index (χ3n) is 5.43. The van der Waals surface area contributed by atoms with E-state index in [1.807, 2.05) is 30.3 Å². The molecule has 1 amide bonds. The van der Waals surface area contributed by atoms with Gasteiger partial charge < -0.3 is 9.67 Å². The van der Waals surface area contributed by atoms with Crippen LogP contribution in [0.2, 0.25) is 18.1 Å². The number of amides is 1. The summed E-state index contributed by atoms with van der Waals surface area (Å²) in [6.07, 6.45) is 3.54. The van der Waals surface area contributed by atoms with Crippen molar-refractivity contribution in [2.45, 2.75) is 58.0 Å². The molecule has 1 N–H and O–H groups in total. The molecular weight excluding hydrogens is 302 g/mol. The van der Waals surface area contributed by atoms with Crippen molar-refractivity contribution in [1.82, 2.24) is 4.57 Å². The molecule has 3 nitrogen and oxygen atoms in total. The molecule has 1 aromatic carbocycles. The van der Waals surface area contributed by atoms with E-state index in [1.54, 1.807) is 6.92 Å². The van der Waals surface area contributed by atoms with Crippen molar-refractivity contribution in [2.24, 2.45) is 5.92 Å². The molecule has 3 atom stereocenters. The lowest BCUT2D eigenvalue weighted by Crippen LogP contribution is -2.73. The summed E-state index contributed by atoms with van der Waals surface area (Å²) < 4.78 is 2.07. The van der Waals surface area contributed by atoms with Crippen LogP contribution in [0.15, 0.2) is 36.4 Å². The number of benzene rings is 1. The van der Waals surface area contributed by atoms with Gasteiger partial charge in [-0.25, -0.2) is 0 Å². The largest absolute Gasteiger partial charge is 0.392 e. The zero-order valence-corrected chi connectivity index (χ0v) is 16.1. The van der Waals surface area contributed by atoms with Gasteiger partial charge in [-0.2, -0.15) is 0 Å². The fourth-order valence-electron chi connectivity index (χ4n) is 3.01. The minimum Gasteiger partial charge on any atom is -0.392 e. The Morgan fingerprint density at radius 1 is 1.22 bits per heavy atom. The smallest absolute Gasteiger partial charge is 0.223 e. The van der Waals surface area contributed by atoms with Crippen LogP contribution in [0.1, 0.15) is 33.3 Å². The zero-order valence-electron chi connectivity index (χ0n) is 15.1. The van der Waals surface area contributed by atoms with Gasteiger partial charge in [-0.3, -0.25) is 4.79 Å². The Bertz CT molecular complexity index is 587. The van der Waals surface area contributed by atoms with Crippen LogP contribution in [0.25, 0.3) is 6.08 Å². The summed E-state index contributed by atoms with van der Waals surface area (Å²) in [5.41, 5.74) is 1.12. The SMILES string of the molecule is C[C@H](O)[C@H]1C(=O)N([Si](C)(C)C(C)(C)C)[C@H]1/C=C/c1ccccc1. The quantitative estimate of drug-likeness (QED) is 0.671. The van der Waals surface area contributed by atoms with Crippen LogP contribution in [-0.4, -0.2) is 36.0 Å². The molecule has 0 aromatic heterocycles. The number of hydrogen-bond donors (Lipinski definition) is 1. The zero-order chi connectivity index (χ0) is 17.4. The van der Waals surface area contributed by atoms with Gasteiger partial charge in [-0.1, -0.05) is 76.3 Å². The van der Waals surface area contributed by atoms with E-state index in [9.17, 15) is 9.90 Å².